The summed E-state index contributed by atoms with van der Waals surface area (Å²) in [6.45, 7) is 3.89. The second kappa shape index (κ2) is 6.13. The van der Waals surface area contributed by atoms with Gasteiger partial charge in [-0.1, -0.05) is 30.7 Å². The number of halogens is 1. The van der Waals surface area contributed by atoms with Crippen molar-refractivity contribution in [2.45, 2.75) is 32.8 Å². The van der Waals surface area contributed by atoms with Gasteiger partial charge in [-0.3, -0.25) is 0 Å². The van der Waals surface area contributed by atoms with Crippen LogP contribution in [0.2, 0.25) is 5.02 Å². The molecule has 1 aromatic carbocycles. The fourth-order valence-corrected chi connectivity index (χ4v) is 2.31. The number of benzene rings is 1. The summed E-state index contributed by atoms with van der Waals surface area (Å²) in [5.74, 6) is 0. The SMILES string of the molecule is CCc1nnc(C)cc1C(O)Cc1cccc(Cl)c1. The van der Waals surface area contributed by atoms with Crippen molar-refractivity contribution in [3.8, 4) is 0 Å². The fourth-order valence-electron chi connectivity index (χ4n) is 2.09. The zero-order valence-electron chi connectivity index (χ0n) is 11.1. The molecule has 0 aliphatic carbocycles. The first-order valence-electron chi connectivity index (χ1n) is 6.35. The lowest BCUT2D eigenvalue weighted by atomic mass is 9.99. The van der Waals surface area contributed by atoms with E-state index in [1.807, 2.05) is 44.2 Å². The molecule has 2 aromatic rings. The van der Waals surface area contributed by atoms with Crippen LogP contribution in [0.1, 0.15) is 35.5 Å². The molecule has 0 amide bonds. The van der Waals surface area contributed by atoms with Crippen LogP contribution in [0.25, 0.3) is 0 Å². The average molecular weight is 277 g/mol. The standard InChI is InChI=1S/C15H17ClN2O/c1-3-14-13(7-10(2)17-18-14)15(19)9-11-5-4-6-12(16)8-11/h4-8,15,19H,3,9H2,1-2H3. The lowest BCUT2D eigenvalue weighted by Crippen LogP contribution is -2.08. The monoisotopic (exact) mass is 276 g/mol. The molecular weight excluding hydrogens is 260 g/mol. The minimum Gasteiger partial charge on any atom is -0.388 e. The van der Waals surface area contributed by atoms with Crippen molar-refractivity contribution in [3.63, 3.8) is 0 Å². The normalized spacial score (nSPS) is 12.4. The van der Waals surface area contributed by atoms with Gasteiger partial charge in [0.2, 0.25) is 0 Å². The third kappa shape index (κ3) is 3.52. The Kier molecular flexibility index (Phi) is 4.51. The van der Waals surface area contributed by atoms with Crippen molar-refractivity contribution in [2.75, 3.05) is 0 Å². The topological polar surface area (TPSA) is 46.0 Å². The zero-order chi connectivity index (χ0) is 13.8. The molecule has 1 unspecified atom stereocenters. The first-order chi connectivity index (χ1) is 9.10. The van der Waals surface area contributed by atoms with Crippen LogP contribution in [-0.2, 0) is 12.8 Å². The van der Waals surface area contributed by atoms with Gasteiger partial charge < -0.3 is 5.11 Å². The number of aromatic nitrogens is 2. The molecule has 4 heteroatoms. The van der Waals surface area contributed by atoms with Gasteiger partial charge in [0.15, 0.2) is 0 Å². The Hall–Kier alpha value is -1.45. The molecule has 1 atom stereocenters. The average Bonchev–Trinajstić information content (AvgIpc) is 2.38. The van der Waals surface area contributed by atoms with Crippen LogP contribution in [0.15, 0.2) is 30.3 Å². The third-order valence-corrected chi connectivity index (χ3v) is 3.27. The highest BCUT2D eigenvalue weighted by Gasteiger charge is 2.14. The van der Waals surface area contributed by atoms with E-state index < -0.39 is 6.10 Å². The summed E-state index contributed by atoms with van der Waals surface area (Å²) in [5.41, 5.74) is 3.53. The summed E-state index contributed by atoms with van der Waals surface area (Å²) in [5, 5.41) is 19.2. The summed E-state index contributed by atoms with van der Waals surface area (Å²) >= 11 is 5.95. The van der Waals surface area contributed by atoms with Crippen molar-refractivity contribution in [1.29, 1.82) is 0 Å². The van der Waals surface area contributed by atoms with Crippen LogP contribution in [0.3, 0.4) is 0 Å². The van der Waals surface area contributed by atoms with Crippen molar-refractivity contribution in [2.24, 2.45) is 0 Å². The predicted octanol–water partition coefficient (Wildman–Crippen LogP) is 3.28. The molecule has 19 heavy (non-hydrogen) atoms. The quantitative estimate of drug-likeness (QED) is 0.932. The first kappa shape index (κ1) is 14.0. The molecule has 3 nitrogen and oxygen atoms in total. The molecule has 0 spiro atoms. The maximum Gasteiger partial charge on any atom is 0.0849 e. The van der Waals surface area contributed by atoms with Gasteiger partial charge >= 0.3 is 0 Å². The molecule has 0 bridgehead atoms. The van der Waals surface area contributed by atoms with E-state index in [9.17, 15) is 5.11 Å². The Balaban J connectivity index is 2.24. The Bertz CT molecular complexity index is 572. The van der Waals surface area contributed by atoms with Crippen LogP contribution >= 0.6 is 11.6 Å². The Morgan fingerprint density at radius 3 is 2.74 bits per heavy atom. The van der Waals surface area contributed by atoms with Gasteiger partial charge in [0, 0.05) is 17.0 Å². The van der Waals surface area contributed by atoms with E-state index in [0.29, 0.717) is 11.4 Å². The minimum atomic E-state index is -0.581. The molecule has 0 saturated heterocycles. The fraction of sp³-hybridized carbons (Fsp3) is 0.333. The summed E-state index contributed by atoms with van der Waals surface area (Å²) in [7, 11) is 0. The Morgan fingerprint density at radius 2 is 2.05 bits per heavy atom. The van der Waals surface area contributed by atoms with Crippen molar-refractivity contribution >= 4 is 11.6 Å². The molecule has 2 rings (SSSR count). The van der Waals surface area contributed by atoms with Gasteiger partial charge in [-0.05, 0) is 37.1 Å². The Morgan fingerprint density at radius 1 is 1.26 bits per heavy atom. The highest BCUT2D eigenvalue weighted by atomic mass is 35.5. The van der Waals surface area contributed by atoms with Crippen LogP contribution in [0.5, 0.6) is 0 Å². The first-order valence-corrected chi connectivity index (χ1v) is 6.73. The molecule has 1 heterocycles. The molecule has 1 N–H and O–H groups in total. The van der Waals surface area contributed by atoms with Gasteiger partial charge in [-0.2, -0.15) is 10.2 Å². The second-order valence-corrected chi connectivity index (χ2v) is 5.03. The van der Waals surface area contributed by atoms with E-state index in [1.54, 1.807) is 0 Å². The largest absolute Gasteiger partial charge is 0.388 e. The highest BCUT2D eigenvalue weighted by Crippen LogP contribution is 2.22. The maximum atomic E-state index is 10.4. The molecule has 0 fully saturated rings. The van der Waals surface area contributed by atoms with Gasteiger partial charge in [-0.25, -0.2) is 0 Å². The molecule has 0 aliphatic rings. The molecule has 0 saturated carbocycles. The number of hydrogen-bond donors (Lipinski definition) is 1. The van der Waals surface area contributed by atoms with E-state index in [2.05, 4.69) is 10.2 Å². The van der Waals surface area contributed by atoms with Gasteiger partial charge in [0.25, 0.3) is 0 Å². The lowest BCUT2D eigenvalue weighted by molar-refractivity contribution is 0.176. The minimum absolute atomic E-state index is 0.526. The number of aliphatic hydroxyl groups excluding tert-OH is 1. The van der Waals surface area contributed by atoms with E-state index in [1.165, 1.54) is 0 Å². The van der Waals surface area contributed by atoms with Crippen LogP contribution in [0, 0.1) is 6.92 Å². The molecule has 0 aliphatic heterocycles. The smallest absolute Gasteiger partial charge is 0.0849 e. The van der Waals surface area contributed by atoms with E-state index in [0.717, 1.165) is 28.9 Å². The highest BCUT2D eigenvalue weighted by molar-refractivity contribution is 6.30. The number of aliphatic hydroxyl groups is 1. The third-order valence-electron chi connectivity index (χ3n) is 3.04. The van der Waals surface area contributed by atoms with Crippen molar-refractivity contribution in [3.05, 3.63) is 57.9 Å². The van der Waals surface area contributed by atoms with Crippen LogP contribution < -0.4 is 0 Å². The van der Waals surface area contributed by atoms with Crippen LogP contribution in [-0.4, -0.2) is 15.3 Å². The molecule has 100 valence electrons. The molecular formula is C15H17ClN2O. The van der Waals surface area contributed by atoms with E-state index in [-0.39, 0.29) is 0 Å². The summed E-state index contributed by atoms with van der Waals surface area (Å²) in [6, 6.07) is 9.45. The predicted molar refractivity (Wildman–Crippen MR) is 76.3 cm³/mol. The van der Waals surface area contributed by atoms with Crippen molar-refractivity contribution in [1.82, 2.24) is 10.2 Å². The number of nitrogens with zero attached hydrogens (tertiary/aromatic N) is 2. The van der Waals surface area contributed by atoms with Gasteiger partial charge in [0.05, 0.1) is 17.5 Å². The zero-order valence-corrected chi connectivity index (χ0v) is 11.9. The van der Waals surface area contributed by atoms with Crippen molar-refractivity contribution < 1.29 is 5.11 Å². The summed E-state index contributed by atoms with van der Waals surface area (Å²) in [6.07, 6.45) is 0.705. The molecule has 1 aromatic heterocycles. The molecule has 0 radical (unpaired) electrons. The maximum absolute atomic E-state index is 10.4. The second-order valence-electron chi connectivity index (χ2n) is 4.59. The summed E-state index contributed by atoms with van der Waals surface area (Å²) < 4.78 is 0. The number of rotatable bonds is 4. The van der Waals surface area contributed by atoms with Gasteiger partial charge in [0.1, 0.15) is 0 Å². The summed E-state index contributed by atoms with van der Waals surface area (Å²) in [4.78, 5) is 0. The lowest BCUT2D eigenvalue weighted by Gasteiger charge is -2.14. The number of aryl methyl sites for hydroxylation is 2. The van der Waals surface area contributed by atoms with E-state index in [4.69, 9.17) is 11.6 Å². The van der Waals surface area contributed by atoms with E-state index >= 15 is 0 Å². The Labute approximate surface area is 118 Å². The number of hydrogen-bond acceptors (Lipinski definition) is 3. The van der Waals surface area contributed by atoms with Gasteiger partial charge in [-0.15, -0.1) is 0 Å². The van der Waals surface area contributed by atoms with Crippen LogP contribution in [0.4, 0.5) is 0 Å².